The van der Waals surface area contributed by atoms with E-state index in [-0.39, 0.29) is 11.8 Å². The van der Waals surface area contributed by atoms with Crippen LogP contribution < -0.4 is 10.6 Å². The zero-order chi connectivity index (χ0) is 31.7. The van der Waals surface area contributed by atoms with Crippen LogP contribution in [0.3, 0.4) is 0 Å². The summed E-state index contributed by atoms with van der Waals surface area (Å²) in [4.78, 5) is 40.9. The maximum absolute atomic E-state index is 13.6. The number of aryl methyl sites for hydroxylation is 1. The van der Waals surface area contributed by atoms with E-state index in [4.69, 9.17) is 5.11 Å². The highest BCUT2D eigenvalue weighted by molar-refractivity contribution is 6.06. The predicted molar refractivity (Wildman–Crippen MR) is 179 cm³/mol. The minimum atomic E-state index is -1.20. The SMILES string of the molecule is Cn1c(-c2cccc3[nH]ccc23)c(C2CCCCC2)c2ccc(C(=O)NC(C)(C)C(=O)Nc3ccc(/C=C/C(=O)O)cc3)cc21. The molecule has 1 saturated carbocycles. The van der Waals surface area contributed by atoms with Gasteiger partial charge in [-0.05, 0) is 86.2 Å². The number of carbonyl (C=O) groups excluding carboxylic acids is 2. The molecular formula is C37H38N4O4. The molecule has 2 amide bonds. The zero-order valence-corrected chi connectivity index (χ0v) is 25.8. The van der Waals surface area contributed by atoms with Gasteiger partial charge in [-0.3, -0.25) is 9.59 Å². The van der Waals surface area contributed by atoms with Crippen LogP contribution in [0.1, 0.15) is 73.4 Å². The summed E-state index contributed by atoms with van der Waals surface area (Å²) in [5.74, 6) is -1.28. The zero-order valence-electron chi connectivity index (χ0n) is 25.8. The molecule has 8 heteroatoms. The first kappa shape index (κ1) is 29.9. The van der Waals surface area contributed by atoms with Crippen LogP contribution in [0, 0.1) is 0 Å². The van der Waals surface area contributed by atoms with E-state index < -0.39 is 11.5 Å². The highest BCUT2D eigenvalue weighted by Gasteiger charge is 2.31. The second kappa shape index (κ2) is 12.1. The Kier molecular flexibility index (Phi) is 8.06. The molecular weight excluding hydrogens is 564 g/mol. The summed E-state index contributed by atoms with van der Waals surface area (Å²) in [7, 11) is 2.08. The van der Waals surface area contributed by atoms with E-state index in [1.807, 2.05) is 18.3 Å². The van der Waals surface area contributed by atoms with Crippen molar-refractivity contribution in [1.82, 2.24) is 14.9 Å². The molecule has 0 unspecified atom stereocenters. The maximum Gasteiger partial charge on any atom is 0.328 e. The number of hydrogen-bond acceptors (Lipinski definition) is 3. The van der Waals surface area contributed by atoms with E-state index in [9.17, 15) is 14.4 Å². The number of H-pyrrole nitrogens is 1. The summed E-state index contributed by atoms with van der Waals surface area (Å²) in [6, 6.07) is 21.2. The second-order valence-electron chi connectivity index (χ2n) is 12.5. The molecule has 45 heavy (non-hydrogen) atoms. The van der Waals surface area contributed by atoms with Crippen molar-refractivity contribution in [2.24, 2.45) is 7.05 Å². The number of aromatic amines is 1. The van der Waals surface area contributed by atoms with E-state index in [2.05, 4.69) is 57.6 Å². The van der Waals surface area contributed by atoms with Crippen molar-refractivity contribution in [2.45, 2.75) is 57.4 Å². The third-order valence-corrected chi connectivity index (χ3v) is 8.95. The number of carboxylic acids is 1. The van der Waals surface area contributed by atoms with Gasteiger partial charge < -0.3 is 25.3 Å². The standard InChI is InChI=1S/C37H38N4O4/c1-37(2,36(45)39-26-16-12-23(13-17-26)14-19-32(42)43)40-35(44)25-15-18-29-31(22-25)41(3)34(33(29)24-8-5-4-6-9-24)28-10-7-11-30-27(28)20-21-38-30/h7,10-22,24,38H,4-6,8-9H2,1-3H3,(H,39,45)(H,40,44)(H,42,43)/b19-14+. The number of amides is 2. The van der Waals surface area contributed by atoms with Gasteiger partial charge in [0, 0.05) is 57.9 Å². The van der Waals surface area contributed by atoms with E-state index >= 15 is 0 Å². The number of anilines is 1. The normalized spacial score (nSPS) is 14.3. The van der Waals surface area contributed by atoms with Crippen molar-refractivity contribution in [2.75, 3.05) is 5.32 Å². The number of nitrogens with zero attached hydrogens (tertiary/aromatic N) is 1. The summed E-state index contributed by atoms with van der Waals surface area (Å²) in [6.07, 6.45) is 10.5. The molecule has 4 N–H and O–H groups in total. The Balaban J connectivity index is 1.28. The number of aliphatic carboxylic acids is 1. The Bertz CT molecular complexity index is 1940. The van der Waals surface area contributed by atoms with Gasteiger partial charge in [0.15, 0.2) is 0 Å². The lowest BCUT2D eigenvalue weighted by Gasteiger charge is -2.25. The number of rotatable bonds is 8. The van der Waals surface area contributed by atoms with Crippen molar-refractivity contribution >= 4 is 51.4 Å². The smallest absolute Gasteiger partial charge is 0.328 e. The maximum atomic E-state index is 13.6. The lowest BCUT2D eigenvalue weighted by atomic mass is 9.81. The molecule has 0 bridgehead atoms. The minimum absolute atomic E-state index is 0.332. The van der Waals surface area contributed by atoms with Gasteiger partial charge in [0.05, 0.1) is 5.69 Å². The summed E-state index contributed by atoms with van der Waals surface area (Å²) in [6.45, 7) is 3.34. The molecule has 1 fully saturated rings. The number of hydrogen-bond donors (Lipinski definition) is 4. The predicted octanol–water partition coefficient (Wildman–Crippen LogP) is 7.62. The molecule has 1 aliphatic rings. The first-order valence-electron chi connectivity index (χ1n) is 15.5. The van der Waals surface area contributed by atoms with Crippen LogP contribution in [-0.2, 0) is 16.6 Å². The molecule has 6 rings (SSSR count). The van der Waals surface area contributed by atoms with Crippen molar-refractivity contribution < 1.29 is 19.5 Å². The van der Waals surface area contributed by atoms with E-state index in [1.54, 1.807) is 38.1 Å². The topological polar surface area (TPSA) is 116 Å². The Labute approximate surface area is 262 Å². The Morgan fingerprint density at radius 3 is 2.44 bits per heavy atom. The second-order valence-corrected chi connectivity index (χ2v) is 12.5. The van der Waals surface area contributed by atoms with Crippen LogP contribution in [0.15, 0.2) is 79.0 Å². The number of carboxylic acid groups (broad SMARTS) is 1. The average Bonchev–Trinajstić information content (AvgIpc) is 3.63. The van der Waals surface area contributed by atoms with Gasteiger partial charge in [-0.15, -0.1) is 0 Å². The Morgan fingerprint density at radius 2 is 1.71 bits per heavy atom. The van der Waals surface area contributed by atoms with Crippen LogP contribution >= 0.6 is 0 Å². The van der Waals surface area contributed by atoms with E-state index in [1.165, 1.54) is 52.9 Å². The molecule has 0 aliphatic heterocycles. The van der Waals surface area contributed by atoms with Crippen LogP contribution in [0.4, 0.5) is 5.69 Å². The fraction of sp³-hybridized carbons (Fsp3) is 0.270. The van der Waals surface area contributed by atoms with Gasteiger partial charge in [0.25, 0.3) is 5.91 Å². The van der Waals surface area contributed by atoms with Crippen molar-refractivity contribution in [1.29, 1.82) is 0 Å². The molecule has 0 atom stereocenters. The van der Waals surface area contributed by atoms with Crippen LogP contribution in [-0.4, -0.2) is 38.0 Å². The fourth-order valence-electron chi connectivity index (χ4n) is 6.57. The number of fused-ring (bicyclic) bond motifs is 2. The fourth-order valence-corrected chi connectivity index (χ4v) is 6.57. The number of aromatic nitrogens is 2. The summed E-state index contributed by atoms with van der Waals surface area (Å²) in [5.41, 5.74) is 6.34. The highest BCUT2D eigenvalue weighted by Crippen LogP contribution is 2.45. The summed E-state index contributed by atoms with van der Waals surface area (Å²) >= 11 is 0. The van der Waals surface area contributed by atoms with Crippen LogP contribution in [0.5, 0.6) is 0 Å². The molecule has 0 saturated heterocycles. The lowest BCUT2D eigenvalue weighted by Crippen LogP contribution is -2.52. The third-order valence-electron chi connectivity index (χ3n) is 8.95. The number of benzene rings is 3. The molecule has 0 radical (unpaired) electrons. The van der Waals surface area contributed by atoms with Gasteiger partial charge in [0.2, 0.25) is 5.91 Å². The Hall–Kier alpha value is -5.11. The lowest BCUT2D eigenvalue weighted by molar-refractivity contribution is -0.131. The Morgan fingerprint density at radius 1 is 0.956 bits per heavy atom. The van der Waals surface area contributed by atoms with Crippen molar-refractivity contribution in [3.05, 3.63) is 95.7 Å². The molecule has 0 spiro atoms. The van der Waals surface area contributed by atoms with E-state index in [0.29, 0.717) is 22.7 Å². The van der Waals surface area contributed by atoms with Gasteiger partial charge in [-0.25, -0.2) is 4.79 Å². The first-order chi connectivity index (χ1) is 21.6. The summed E-state index contributed by atoms with van der Waals surface area (Å²) in [5, 5.41) is 16.9. The number of carbonyl (C=O) groups is 3. The molecule has 8 nitrogen and oxygen atoms in total. The van der Waals surface area contributed by atoms with Crippen molar-refractivity contribution in [3.63, 3.8) is 0 Å². The van der Waals surface area contributed by atoms with Gasteiger partial charge in [-0.1, -0.05) is 49.6 Å². The van der Waals surface area contributed by atoms with E-state index in [0.717, 1.165) is 30.0 Å². The quantitative estimate of drug-likeness (QED) is 0.137. The highest BCUT2D eigenvalue weighted by atomic mass is 16.4. The molecule has 2 aromatic heterocycles. The van der Waals surface area contributed by atoms with Crippen molar-refractivity contribution in [3.8, 4) is 11.3 Å². The van der Waals surface area contributed by atoms with Gasteiger partial charge in [0.1, 0.15) is 5.54 Å². The molecule has 2 heterocycles. The molecule has 1 aliphatic carbocycles. The third kappa shape index (κ3) is 6.00. The molecule has 3 aromatic carbocycles. The largest absolute Gasteiger partial charge is 0.478 e. The van der Waals surface area contributed by atoms with Crippen LogP contribution in [0.25, 0.3) is 39.1 Å². The van der Waals surface area contributed by atoms with Crippen LogP contribution in [0.2, 0.25) is 0 Å². The molecule has 5 aromatic rings. The molecule has 230 valence electrons. The number of nitrogens with one attached hydrogen (secondary N) is 3. The average molecular weight is 603 g/mol. The summed E-state index contributed by atoms with van der Waals surface area (Å²) < 4.78 is 2.23. The minimum Gasteiger partial charge on any atom is -0.478 e. The monoisotopic (exact) mass is 602 g/mol. The van der Waals surface area contributed by atoms with Gasteiger partial charge in [-0.2, -0.15) is 0 Å². The first-order valence-corrected chi connectivity index (χ1v) is 15.5. The van der Waals surface area contributed by atoms with Gasteiger partial charge >= 0.3 is 5.97 Å².